The third-order valence-corrected chi connectivity index (χ3v) is 5.08. The highest BCUT2D eigenvalue weighted by Crippen LogP contribution is 2.34. The highest BCUT2D eigenvalue weighted by atomic mass is 79.9. The van der Waals surface area contributed by atoms with Gasteiger partial charge in [-0.3, -0.25) is 0 Å². The third kappa shape index (κ3) is 3.73. The van der Waals surface area contributed by atoms with E-state index in [4.69, 9.17) is 0 Å². The Balaban J connectivity index is 2.55. The van der Waals surface area contributed by atoms with Gasteiger partial charge in [-0.15, -0.1) is 0 Å². The number of nitrogens with one attached hydrogen (secondary N) is 1. The highest BCUT2D eigenvalue weighted by molar-refractivity contribution is 9.11. The second-order valence-electron chi connectivity index (χ2n) is 4.68. The number of hydrogen-bond donors (Lipinski definition) is 1. The maximum atomic E-state index is 3.67. The van der Waals surface area contributed by atoms with Gasteiger partial charge in [-0.25, -0.2) is 0 Å². The van der Waals surface area contributed by atoms with Crippen molar-refractivity contribution in [2.75, 3.05) is 6.54 Å². The zero-order chi connectivity index (χ0) is 14.7. The fourth-order valence-electron chi connectivity index (χ4n) is 2.21. The second-order valence-corrected chi connectivity index (χ2v) is 7.31. The lowest BCUT2D eigenvalue weighted by Crippen LogP contribution is -2.23. The Morgan fingerprint density at radius 2 is 1.55 bits per heavy atom. The fourth-order valence-corrected chi connectivity index (χ4v) is 3.54. The normalized spacial score (nSPS) is 12.4. The van der Waals surface area contributed by atoms with Crippen LogP contribution in [0, 0.1) is 6.92 Å². The molecule has 0 saturated heterocycles. The Bertz CT molecular complexity index is 559. The van der Waals surface area contributed by atoms with Gasteiger partial charge < -0.3 is 5.32 Å². The molecule has 1 nitrogen and oxygen atoms in total. The van der Waals surface area contributed by atoms with Crippen molar-refractivity contribution in [3.63, 3.8) is 0 Å². The lowest BCUT2D eigenvalue weighted by atomic mass is 9.97. The van der Waals surface area contributed by atoms with Gasteiger partial charge in [-0.1, -0.05) is 72.4 Å². The molecule has 0 aliphatic heterocycles. The lowest BCUT2D eigenvalue weighted by molar-refractivity contribution is 0.626. The molecule has 2 aromatic rings. The van der Waals surface area contributed by atoms with Gasteiger partial charge >= 0.3 is 0 Å². The van der Waals surface area contributed by atoms with E-state index in [-0.39, 0.29) is 6.04 Å². The maximum Gasteiger partial charge on any atom is 0.0599 e. The molecule has 2 aromatic carbocycles. The van der Waals surface area contributed by atoms with Crippen LogP contribution >= 0.6 is 47.8 Å². The summed E-state index contributed by atoms with van der Waals surface area (Å²) in [7, 11) is 0. The van der Waals surface area contributed by atoms with E-state index in [0.29, 0.717) is 0 Å². The number of hydrogen-bond acceptors (Lipinski definition) is 1. The summed E-state index contributed by atoms with van der Waals surface area (Å²) in [5.41, 5.74) is 3.75. The van der Waals surface area contributed by atoms with Crippen molar-refractivity contribution in [1.82, 2.24) is 5.32 Å². The molecule has 0 aliphatic rings. The Morgan fingerprint density at radius 3 is 2.20 bits per heavy atom. The summed E-state index contributed by atoms with van der Waals surface area (Å²) >= 11 is 10.9. The van der Waals surface area contributed by atoms with Crippen LogP contribution in [0.25, 0.3) is 0 Å². The summed E-state index contributed by atoms with van der Waals surface area (Å²) in [6, 6.07) is 12.9. The smallest absolute Gasteiger partial charge is 0.0599 e. The van der Waals surface area contributed by atoms with Gasteiger partial charge in [0.1, 0.15) is 0 Å². The molecule has 0 aromatic heterocycles. The Morgan fingerprint density at radius 1 is 0.950 bits per heavy atom. The summed E-state index contributed by atoms with van der Waals surface area (Å²) in [6.07, 6.45) is 0. The molecule has 1 unspecified atom stereocenters. The molecule has 0 spiro atoms. The number of aryl methyl sites for hydroxylation is 1. The standard InChI is InChI=1S/C16H16Br3N/c1-3-20-16(12-8-10(2)4-6-14(12)18)13-9-11(17)5-7-15(13)19/h4-9,16,20H,3H2,1-2H3. The minimum Gasteiger partial charge on any atom is -0.306 e. The Labute approximate surface area is 145 Å². The van der Waals surface area contributed by atoms with Crippen molar-refractivity contribution in [3.8, 4) is 0 Å². The minimum absolute atomic E-state index is 0.154. The average Bonchev–Trinajstić information content (AvgIpc) is 2.42. The molecular weight excluding hydrogens is 446 g/mol. The molecule has 0 bridgehead atoms. The Kier molecular flexibility index (Phi) is 5.84. The minimum atomic E-state index is 0.154. The highest BCUT2D eigenvalue weighted by Gasteiger charge is 2.18. The zero-order valence-electron chi connectivity index (χ0n) is 11.4. The quantitative estimate of drug-likeness (QED) is 0.590. The van der Waals surface area contributed by atoms with Crippen LogP contribution in [0.5, 0.6) is 0 Å². The van der Waals surface area contributed by atoms with Gasteiger partial charge in [0.15, 0.2) is 0 Å². The van der Waals surface area contributed by atoms with Crippen LogP contribution in [0.3, 0.4) is 0 Å². The van der Waals surface area contributed by atoms with E-state index in [1.54, 1.807) is 0 Å². The summed E-state index contributed by atoms with van der Waals surface area (Å²) in [6.45, 7) is 5.15. The van der Waals surface area contributed by atoms with Gasteiger partial charge in [-0.05, 0) is 48.9 Å². The predicted molar refractivity (Wildman–Crippen MR) is 96.2 cm³/mol. The molecule has 4 heteroatoms. The van der Waals surface area contributed by atoms with Crippen LogP contribution in [0.1, 0.15) is 29.7 Å². The molecule has 0 saturated carbocycles. The molecule has 0 aliphatic carbocycles. The summed E-state index contributed by atoms with van der Waals surface area (Å²) in [5, 5.41) is 3.57. The molecule has 20 heavy (non-hydrogen) atoms. The van der Waals surface area contributed by atoms with Crippen molar-refractivity contribution in [2.24, 2.45) is 0 Å². The monoisotopic (exact) mass is 459 g/mol. The second kappa shape index (κ2) is 7.21. The van der Waals surface area contributed by atoms with Gasteiger partial charge in [0, 0.05) is 13.4 Å². The first-order valence-electron chi connectivity index (χ1n) is 6.47. The van der Waals surface area contributed by atoms with Crippen LogP contribution in [0.4, 0.5) is 0 Å². The SMILES string of the molecule is CCNC(c1cc(C)ccc1Br)c1cc(Br)ccc1Br. The largest absolute Gasteiger partial charge is 0.306 e. The maximum absolute atomic E-state index is 3.67. The number of rotatable bonds is 4. The van der Waals surface area contributed by atoms with Crippen molar-refractivity contribution in [1.29, 1.82) is 0 Å². The lowest BCUT2D eigenvalue weighted by Gasteiger charge is -2.22. The number of benzene rings is 2. The molecule has 1 atom stereocenters. The van der Waals surface area contributed by atoms with Crippen LogP contribution in [-0.2, 0) is 0 Å². The molecule has 0 heterocycles. The summed E-state index contributed by atoms with van der Waals surface area (Å²) in [5.74, 6) is 0. The van der Waals surface area contributed by atoms with Crippen LogP contribution < -0.4 is 5.32 Å². The van der Waals surface area contributed by atoms with E-state index in [1.807, 2.05) is 6.07 Å². The molecule has 0 fully saturated rings. The van der Waals surface area contributed by atoms with Crippen molar-refractivity contribution >= 4 is 47.8 Å². The van der Waals surface area contributed by atoms with Gasteiger partial charge in [0.05, 0.1) is 6.04 Å². The van der Waals surface area contributed by atoms with E-state index in [9.17, 15) is 0 Å². The van der Waals surface area contributed by atoms with E-state index >= 15 is 0 Å². The predicted octanol–water partition coefficient (Wildman–Crippen LogP) is 5.98. The Hall–Kier alpha value is -0.160. The fraction of sp³-hybridized carbons (Fsp3) is 0.250. The van der Waals surface area contributed by atoms with Crippen molar-refractivity contribution in [3.05, 3.63) is 66.5 Å². The van der Waals surface area contributed by atoms with Crippen molar-refractivity contribution in [2.45, 2.75) is 19.9 Å². The van der Waals surface area contributed by atoms with Gasteiger partial charge in [-0.2, -0.15) is 0 Å². The van der Waals surface area contributed by atoms with E-state index < -0.39 is 0 Å². The van der Waals surface area contributed by atoms with Gasteiger partial charge in [0.2, 0.25) is 0 Å². The topological polar surface area (TPSA) is 12.0 Å². The first-order chi connectivity index (χ1) is 9.52. The van der Waals surface area contributed by atoms with E-state index in [0.717, 1.165) is 20.0 Å². The summed E-state index contributed by atoms with van der Waals surface area (Å²) < 4.78 is 3.32. The van der Waals surface area contributed by atoms with Crippen LogP contribution in [-0.4, -0.2) is 6.54 Å². The van der Waals surface area contributed by atoms with Crippen molar-refractivity contribution < 1.29 is 0 Å². The first kappa shape index (κ1) is 16.2. The first-order valence-corrected chi connectivity index (χ1v) is 8.85. The van der Waals surface area contributed by atoms with E-state index in [1.165, 1.54) is 16.7 Å². The zero-order valence-corrected chi connectivity index (χ0v) is 16.1. The van der Waals surface area contributed by atoms with E-state index in [2.05, 4.69) is 97.3 Å². The molecule has 2 rings (SSSR count). The van der Waals surface area contributed by atoms with Gasteiger partial charge in [0.25, 0.3) is 0 Å². The number of halogens is 3. The molecular formula is C16H16Br3N. The van der Waals surface area contributed by atoms with Crippen LogP contribution in [0.15, 0.2) is 49.8 Å². The molecule has 106 valence electrons. The van der Waals surface area contributed by atoms with Crippen LogP contribution in [0.2, 0.25) is 0 Å². The molecule has 1 N–H and O–H groups in total. The molecule has 0 radical (unpaired) electrons. The molecule has 0 amide bonds. The summed E-state index contributed by atoms with van der Waals surface area (Å²) in [4.78, 5) is 0. The third-order valence-electron chi connectivity index (χ3n) is 3.14. The average molecular weight is 462 g/mol.